The van der Waals surface area contributed by atoms with E-state index in [2.05, 4.69) is 20.3 Å². The number of halogens is 1. The fourth-order valence-electron chi connectivity index (χ4n) is 3.61. The van der Waals surface area contributed by atoms with Crippen molar-refractivity contribution in [2.45, 2.75) is 57.0 Å². The minimum Gasteiger partial charge on any atom is -0.389 e. The zero-order chi connectivity index (χ0) is 26.5. The molecule has 2 aromatic carbocycles. The molecule has 1 atom stereocenters. The van der Waals surface area contributed by atoms with E-state index in [0.29, 0.717) is 46.6 Å². The average Bonchev–Trinajstić information content (AvgIpc) is 2.77. The summed E-state index contributed by atoms with van der Waals surface area (Å²) in [6.45, 7) is 5.88. The molecule has 3 aromatic rings. The van der Waals surface area contributed by atoms with E-state index in [1.807, 2.05) is 13.8 Å². The van der Waals surface area contributed by atoms with E-state index >= 15 is 0 Å². The Morgan fingerprint density at radius 3 is 2.50 bits per heavy atom. The van der Waals surface area contributed by atoms with Crippen molar-refractivity contribution < 1.29 is 17.6 Å². The van der Waals surface area contributed by atoms with E-state index < -0.39 is 27.6 Å². The van der Waals surface area contributed by atoms with Crippen molar-refractivity contribution in [2.24, 2.45) is 5.73 Å². The first-order valence-corrected chi connectivity index (χ1v) is 13.4. The number of aromatic nitrogens is 1. The molecule has 0 unspecified atom stereocenters. The molecule has 0 saturated carbocycles. The van der Waals surface area contributed by atoms with Crippen molar-refractivity contribution in [3.05, 3.63) is 57.4 Å². The summed E-state index contributed by atoms with van der Waals surface area (Å²) in [7, 11) is -3.99. The second-order valence-electron chi connectivity index (χ2n) is 8.69. The van der Waals surface area contributed by atoms with Gasteiger partial charge in [-0.1, -0.05) is 18.0 Å². The Bertz CT molecular complexity index is 1390. The Kier molecular flexibility index (Phi) is 9.07. The number of hydrogen-bond acceptors (Lipinski definition) is 8. The normalized spacial score (nSPS) is 12.6. The minimum absolute atomic E-state index is 0.00817. The molecular formula is C24H30ClN5O5S. The standard InChI is InChI=1S/C24H30ClN5O5S/c1-14(2)27-24-29-20-13-17(12-15(3)21(20)23(32)35-24)28-22(31)19(6-4-5-11-26)30-36(33,34)18-9-7-16(25)8-10-18/h7-10,12-14,19,30H,4-6,11,26H2,1-3H3,(H,27,29)(H,28,31)/t19-/m0/s1. The number of sulfonamides is 1. The summed E-state index contributed by atoms with van der Waals surface area (Å²) in [4.78, 5) is 30.0. The maximum absolute atomic E-state index is 13.2. The highest BCUT2D eigenvalue weighted by Gasteiger charge is 2.26. The second-order valence-corrected chi connectivity index (χ2v) is 10.8. The maximum atomic E-state index is 13.2. The van der Waals surface area contributed by atoms with Crippen molar-refractivity contribution >= 4 is 50.1 Å². The van der Waals surface area contributed by atoms with E-state index in [0.717, 1.165) is 0 Å². The van der Waals surface area contributed by atoms with Crippen molar-refractivity contribution in [2.75, 3.05) is 17.2 Å². The van der Waals surface area contributed by atoms with Crippen LogP contribution >= 0.6 is 11.6 Å². The fraction of sp³-hybridized carbons (Fsp3) is 0.375. The molecule has 5 N–H and O–H groups in total. The quantitative estimate of drug-likeness (QED) is 0.272. The number of hydrogen-bond donors (Lipinski definition) is 4. The zero-order valence-corrected chi connectivity index (χ0v) is 21.9. The van der Waals surface area contributed by atoms with E-state index in [1.165, 1.54) is 24.3 Å². The number of nitrogens with two attached hydrogens (primary N) is 1. The van der Waals surface area contributed by atoms with Gasteiger partial charge in [0.2, 0.25) is 15.9 Å². The van der Waals surface area contributed by atoms with Crippen LogP contribution in [0.2, 0.25) is 5.02 Å². The molecule has 0 aliphatic rings. The number of carbonyl (C=O) groups excluding carboxylic acids is 1. The number of rotatable bonds is 11. The number of amides is 1. The molecule has 0 radical (unpaired) electrons. The predicted molar refractivity (Wildman–Crippen MR) is 141 cm³/mol. The SMILES string of the molecule is Cc1cc(NC(=O)[C@H](CCCCN)NS(=O)(=O)c2ccc(Cl)cc2)cc2nc(NC(C)C)oc(=O)c12. The van der Waals surface area contributed by atoms with E-state index in [9.17, 15) is 18.0 Å². The number of nitrogens with one attached hydrogen (secondary N) is 3. The lowest BCUT2D eigenvalue weighted by molar-refractivity contribution is -0.117. The number of fused-ring (bicyclic) bond motifs is 1. The number of nitrogens with zero attached hydrogens (tertiary/aromatic N) is 1. The highest BCUT2D eigenvalue weighted by Crippen LogP contribution is 2.22. The predicted octanol–water partition coefficient (Wildman–Crippen LogP) is 3.38. The van der Waals surface area contributed by atoms with Crippen molar-refractivity contribution in [1.82, 2.24) is 9.71 Å². The Morgan fingerprint density at radius 1 is 1.17 bits per heavy atom. The van der Waals surface area contributed by atoms with Gasteiger partial charge in [-0.05, 0) is 82.1 Å². The van der Waals surface area contributed by atoms with Crippen LogP contribution in [0.25, 0.3) is 10.9 Å². The van der Waals surface area contributed by atoms with Crippen LogP contribution in [0.4, 0.5) is 11.7 Å². The van der Waals surface area contributed by atoms with Gasteiger partial charge < -0.3 is 20.8 Å². The van der Waals surface area contributed by atoms with Crippen LogP contribution in [0.5, 0.6) is 0 Å². The molecule has 0 aliphatic carbocycles. The third-order valence-corrected chi connectivity index (χ3v) is 7.03. The van der Waals surface area contributed by atoms with Crippen LogP contribution in [0, 0.1) is 6.92 Å². The Labute approximate surface area is 214 Å². The molecule has 0 bridgehead atoms. The lowest BCUT2D eigenvalue weighted by atomic mass is 10.1. The van der Waals surface area contributed by atoms with Gasteiger partial charge in [0.15, 0.2) is 0 Å². The lowest BCUT2D eigenvalue weighted by Crippen LogP contribution is -2.43. The first kappa shape index (κ1) is 27.6. The number of benzene rings is 2. The molecule has 36 heavy (non-hydrogen) atoms. The third-order valence-electron chi connectivity index (χ3n) is 5.29. The highest BCUT2D eigenvalue weighted by atomic mass is 35.5. The third kappa shape index (κ3) is 7.03. The molecule has 3 rings (SSSR count). The number of carbonyl (C=O) groups is 1. The summed E-state index contributed by atoms with van der Waals surface area (Å²) >= 11 is 5.87. The molecule has 0 spiro atoms. The van der Waals surface area contributed by atoms with Gasteiger partial charge in [0.1, 0.15) is 6.04 Å². The summed E-state index contributed by atoms with van der Waals surface area (Å²) < 4.78 is 33.6. The van der Waals surface area contributed by atoms with Gasteiger partial charge in [0, 0.05) is 16.8 Å². The molecule has 1 amide bonds. The van der Waals surface area contributed by atoms with E-state index in [-0.39, 0.29) is 23.4 Å². The molecule has 12 heteroatoms. The first-order valence-electron chi connectivity index (χ1n) is 11.5. The molecule has 1 heterocycles. The summed E-state index contributed by atoms with van der Waals surface area (Å²) in [5.41, 5.74) is 6.29. The van der Waals surface area contributed by atoms with Crippen LogP contribution in [0.15, 0.2) is 50.5 Å². The second kappa shape index (κ2) is 11.8. The number of aryl methyl sites for hydroxylation is 1. The first-order chi connectivity index (χ1) is 17.0. The summed E-state index contributed by atoms with van der Waals surface area (Å²) in [5.74, 6) is -0.549. The smallest absolute Gasteiger partial charge is 0.348 e. The zero-order valence-electron chi connectivity index (χ0n) is 20.3. The van der Waals surface area contributed by atoms with Gasteiger partial charge in [-0.25, -0.2) is 13.2 Å². The molecule has 0 aliphatic heterocycles. The maximum Gasteiger partial charge on any atom is 0.348 e. The topological polar surface area (TPSA) is 156 Å². The largest absolute Gasteiger partial charge is 0.389 e. The van der Waals surface area contributed by atoms with Gasteiger partial charge in [0.25, 0.3) is 6.01 Å². The van der Waals surface area contributed by atoms with Crippen LogP contribution in [-0.2, 0) is 14.8 Å². The van der Waals surface area contributed by atoms with Gasteiger partial charge in [-0.2, -0.15) is 9.71 Å². The van der Waals surface area contributed by atoms with E-state index in [1.54, 1.807) is 19.1 Å². The molecule has 194 valence electrons. The lowest BCUT2D eigenvalue weighted by Gasteiger charge is -2.19. The monoisotopic (exact) mass is 535 g/mol. The molecule has 10 nitrogen and oxygen atoms in total. The Hall–Kier alpha value is -2.99. The van der Waals surface area contributed by atoms with Gasteiger partial charge in [-0.3, -0.25) is 4.79 Å². The minimum atomic E-state index is -3.99. The molecular weight excluding hydrogens is 506 g/mol. The fourth-order valence-corrected chi connectivity index (χ4v) is 4.96. The summed E-state index contributed by atoms with van der Waals surface area (Å²) in [5, 5.41) is 6.39. The van der Waals surface area contributed by atoms with E-state index in [4.69, 9.17) is 21.8 Å². The number of anilines is 2. The van der Waals surface area contributed by atoms with Gasteiger partial charge in [-0.15, -0.1) is 0 Å². The molecule has 1 aromatic heterocycles. The van der Waals surface area contributed by atoms with Crippen molar-refractivity contribution in [3.63, 3.8) is 0 Å². The summed E-state index contributed by atoms with van der Waals surface area (Å²) in [6, 6.07) is 7.82. The highest BCUT2D eigenvalue weighted by molar-refractivity contribution is 7.89. The summed E-state index contributed by atoms with van der Waals surface area (Å²) in [6.07, 6.45) is 1.42. The van der Waals surface area contributed by atoms with Gasteiger partial charge >= 0.3 is 5.63 Å². The van der Waals surface area contributed by atoms with Crippen LogP contribution in [-0.4, -0.2) is 37.9 Å². The van der Waals surface area contributed by atoms with Crippen molar-refractivity contribution in [1.29, 1.82) is 0 Å². The van der Waals surface area contributed by atoms with Crippen LogP contribution in [0.1, 0.15) is 38.7 Å². The van der Waals surface area contributed by atoms with Crippen LogP contribution < -0.4 is 26.7 Å². The number of unbranched alkanes of at least 4 members (excludes halogenated alkanes) is 1. The van der Waals surface area contributed by atoms with Crippen LogP contribution in [0.3, 0.4) is 0 Å². The van der Waals surface area contributed by atoms with Crippen molar-refractivity contribution in [3.8, 4) is 0 Å². The Morgan fingerprint density at radius 2 is 1.86 bits per heavy atom. The van der Waals surface area contributed by atoms with Gasteiger partial charge in [0.05, 0.1) is 15.8 Å². The molecule has 0 fully saturated rings. The molecule has 0 saturated heterocycles. The Balaban J connectivity index is 1.89. The average molecular weight is 536 g/mol.